The topological polar surface area (TPSA) is 46.1 Å². The summed E-state index contributed by atoms with van der Waals surface area (Å²) in [5, 5.41) is 0. The predicted octanol–water partition coefficient (Wildman–Crippen LogP) is 2.71. The highest BCUT2D eigenvalue weighted by Gasteiger charge is 2.07. The Balaban J connectivity index is 2.07. The van der Waals surface area contributed by atoms with Gasteiger partial charge >= 0.3 is 0 Å². The number of pyridine rings is 2. The van der Waals surface area contributed by atoms with Gasteiger partial charge in [-0.25, -0.2) is 0 Å². The molecule has 0 unspecified atom stereocenters. The molecule has 0 saturated heterocycles. The van der Waals surface area contributed by atoms with Gasteiger partial charge in [-0.3, -0.25) is 14.8 Å². The Kier molecular flexibility index (Phi) is 4.23. The molecule has 0 saturated carbocycles. The summed E-state index contributed by atoms with van der Waals surface area (Å²) in [6.45, 7) is 2.55. The molecule has 98 valence electrons. The molecule has 0 aliphatic heterocycles. The van der Waals surface area contributed by atoms with Crippen LogP contribution in [0.2, 0.25) is 0 Å². The lowest BCUT2D eigenvalue weighted by atomic mass is 10.2. The summed E-state index contributed by atoms with van der Waals surface area (Å²) in [4.78, 5) is 22.0. The number of anilines is 1. The van der Waals surface area contributed by atoms with E-state index in [0.717, 1.165) is 11.4 Å². The fourth-order valence-corrected chi connectivity index (χ4v) is 1.78. The largest absolute Gasteiger partial charge is 0.367 e. The SMILES string of the molecule is CCC(=O)c1ccc(N(C)Cc2ccccn2)cn1. The van der Waals surface area contributed by atoms with E-state index in [-0.39, 0.29) is 5.78 Å². The molecule has 0 fully saturated rings. The lowest BCUT2D eigenvalue weighted by Crippen LogP contribution is -2.17. The molecule has 0 aliphatic rings. The zero-order valence-electron chi connectivity index (χ0n) is 11.2. The van der Waals surface area contributed by atoms with Gasteiger partial charge in [0.1, 0.15) is 5.69 Å². The number of hydrogen-bond acceptors (Lipinski definition) is 4. The second-order valence-corrected chi connectivity index (χ2v) is 4.36. The first kappa shape index (κ1) is 13.2. The smallest absolute Gasteiger partial charge is 0.180 e. The van der Waals surface area contributed by atoms with Crippen LogP contribution in [0.1, 0.15) is 29.5 Å². The fourth-order valence-electron chi connectivity index (χ4n) is 1.78. The van der Waals surface area contributed by atoms with E-state index in [1.807, 2.05) is 38.2 Å². The van der Waals surface area contributed by atoms with Crippen LogP contribution >= 0.6 is 0 Å². The molecule has 0 N–H and O–H groups in total. The van der Waals surface area contributed by atoms with Gasteiger partial charge in [0.2, 0.25) is 0 Å². The first-order chi connectivity index (χ1) is 9.20. The van der Waals surface area contributed by atoms with Gasteiger partial charge in [0, 0.05) is 19.7 Å². The summed E-state index contributed by atoms with van der Waals surface area (Å²) in [5.41, 5.74) is 2.49. The first-order valence-corrected chi connectivity index (χ1v) is 6.31. The van der Waals surface area contributed by atoms with Gasteiger partial charge in [-0.1, -0.05) is 13.0 Å². The summed E-state index contributed by atoms with van der Waals surface area (Å²) < 4.78 is 0. The molecule has 0 amide bonds. The molecule has 2 aromatic heterocycles. The molecular weight excluding hydrogens is 238 g/mol. The van der Waals surface area contributed by atoms with Crippen LogP contribution in [-0.2, 0) is 6.54 Å². The molecular formula is C15H17N3O. The van der Waals surface area contributed by atoms with Crippen LogP contribution in [-0.4, -0.2) is 22.8 Å². The average Bonchev–Trinajstić information content (AvgIpc) is 2.47. The number of hydrogen-bond donors (Lipinski definition) is 0. The van der Waals surface area contributed by atoms with E-state index in [1.54, 1.807) is 18.5 Å². The van der Waals surface area contributed by atoms with E-state index in [0.29, 0.717) is 18.7 Å². The van der Waals surface area contributed by atoms with Crippen molar-refractivity contribution >= 4 is 11.5 Å². The second kappa shape index (κ2) is 6.09. The summed E-state index contributed by atoms with van der Waals surface area (Å²) in [6.07, 6.45) is 3.99. The van der Waals surface area contributed by atoms with Crippen molar-refractivity contribution in [1.29, 1.82) is 0 Å². The number of rotatable bonds is 5. The number of carbonyl (C=O) groups excluding carboxylic acids is 1. The maximum Gasteiger partial charge on any atom is 0.180 e. The molecule has 4 heteroatoms. The van der Waals surface area contributed by atoms with Gasteiger partial charge in [0.15, 0.2) is 5.78 Å². The van der Waals surface area contributed by atoms with Crippen molar-refractivity contribution in [2.24, 2.45) is 0 Å². The van der Waals surface area contributed by atoms with Crippen molar-refractivity contribution in [2.45, 2.75) is 19.9 Å². The van der Waals surface area contributed by atoms with Crippen LogP contribution in [0.25, 0.3) is 0 Å². The van der Waals surface area contributed by atoms with Gasteiger partial charge in [0.05, 0.1) is 24.1 Å². The van der Waals surface area contributed by atoms with E-state index in [9.17, 15) is 4.79 Å². The van der Waals surface area contributed by atoms with Crippen molar-refractivity contribution < 1.29 is 4.79 Å². The van der Waals surface area contributed by atoms with Gasteiger partial charge in [-0.2, -0.15) is 0 Å². The fraction of sp³-hybridized carbons (Fsp3) is 0.267. The molecule has 0 bridgehead atoms. The second-order valence-electron chi connectivity index (χ2n) is 4.36. The van der Waals surface area contributed by atoms with Gasteiger partial charge < -0.3 is 4.90 Å². The Morgan fingerprint density at radius 2 is 2.05 bits per heavy atom. The minimum absolute atomic E-state index is 0.0685. The monoisotopic (exact) mass is 255 g/mol. The maximum atomic E-state index is 11.5. The third-order valence-electron chi connectivity index (χ3n) is 2.92. The van der Waals surface area contributed by atoms with Gasteiger partial charge in [0.25, 0.3) is 0 Å². The van der Waals surface area contributed by atoms with Crippen LogP contribution in [0.5, 0.6) is 0 Å². The van der Waals surface area contributed by atoms with Crippen LogP contribution < -0.4 is 4.90 Å². The van der Waals surface area contributed by atoms with Crippen LogP contribution in [0, 0.1) is 0 Å². The molecule has 4 nitrogen and oxygen atoms in total. The van der Waals surface area contributed by atoms with E-state index < -0.39 is 0 Å². The summed E-state index contributed by atoms with van der Waals surface area (Å²) >= 11 is 0. The summed E-state index contributed by atoms with van der Waals surface area (Å²) in [7, 11) is 1.98. The minimum atomic E-state index is 0.0685. The molecule has 0 aliphatic carbocycles. The highest BCUT2D eigenvalue weighted by molar-refractivity contribution is 5.94. The molecule has 0 spiro atoms. The van der Waals surface area contributed by atoms with Crippen molar-refractivity contribution in [3.8, 4) is 0 Å². The maximum absolute atomic E-state index is 11.5. The molecule has 2 aromatic rings. The van der Waals surface area contributed by atoms with Gasteiger partial charge in [-0.15, -0.1) is 0 Å². The Morgan fingerprint density at radius 1 is 1.21 bits per heavy atom. The molecule has 0 atom stereocenters. The van der Waals surface area contributed by atoms with Crippen molar-refractivity contribution in [2.75, 3.05) is 11.9 Å². The normalized spacial score (nSPS) is 10.2. The summed E-state index contributed by atoms with van der Waals surface area (Å²) in [5.74, 6) is 0.0685. The van der Waals surface area contributed by atoms with E-state index in [2.05, 4.69) is 14.9 Å². The minimum Gasteiger partial charge on any atom is -0.367 e. The molecule has 2 rings (SSSR count). The van der Waals surface area contributed by atoms with E-state index in [1.165, 1.54) is 0 Å². The molecule has 0 aromatic carbocycles. The summed E-state index contributed by atoms with van der Waals surface area (Å²) in [6, 6.07) is 9.54. The Hall–Kier alpha value is -2.23. The number of nitrogens with zero attached hydrogens (tertiary/aromatic N) is 3. The lowest BCUT2D eigenvalue weighted by Gasteiger charge is -2.18. The Bertz CT molecular complexity index is 537. The standard InChI is InChI=1S/C15H17N3O/c1-3-15(19)14-8-7-13(10-17-14)18(2)11-12-6-4-5-9-16-12/h4-10H,3,11H2,1-2H3. The van der Waals surface area contributed by atoms with Crippen LogP contribution in [0.15, 0.2) is 42.7 Å². The lowest BCUT2D eigenvalue weighted by molar-refractivity contribution is 0.0983. The van der Waals surface area contributed by atoms with Gasteiger partial charge in [-0.05, 0) is 24.3 Å². The van der Waals surface area contributed by atoms with Crippen molar-refractivity contribution in [3.05, 3.63) is 54.1 Å². The van der Waals surface area contributed by atoms with Crippen molar-refractivity contribution in [3.63, 3.8) is 0 Å². The highest BCUT2D eigenvalue weighted by Crippen LogP contribution is 2.14. The highest BCUT2D eigenvalue weighted by atomic mass is 16.1. The molecule has 2 heterocycles. The predicted molar refractivity (Wildman–Crippen MR) is 75.2 cm³/mol. The Morgan fingerprint density at radius 3 is 2.63 bits per heavy atom. The number of ketones is 1. The number of Topliss-reactive ketones (excluding diaryl/α,β-unsaturated/α-hetero) is 1. The third kappa shape index (κ3) is 3.37. The van der Waals surface area contributed by atoms with E-state index >= 15 is 0 Å². The van der Waals surface area contributed by atoms with E-state index in [4.69, 9.17) is 0 Å². The zero-order chi connectivity index (χ0) is 13.7. The zero-order valence-corrected chi connectivity index (χ0v) is 11.2. The number of aromatic nitrogens is 2. The molecule has 19 heavy (non-hydrogen) atoms. The van der Waals surface area contributed by atoms with Crippen molar-refractivity contribution in [1.82, 2.24) is 9.97 Å². The number of carbonyl (C=O) groups is 1. The Labute approximate surface area is 113 Å². The average molecular weight is 255 g/mol. The third-order valence-corrected chi connectivity index (χ3v) is 2.92. The quantitative estimate of drug-likeness (QED) is 0.771. The first-order valence-electron chi connectivity index (χ1n) is 6.31. The van der Waals surface area contributed by atoms with Crippen LogP contribution in [0.4, 0.5) is 5.69 Å². The van der Waals surface area contributed by atoms with Crippen LogP contribution in [0.3, 0.4) is 0 Å². The molecule has 0 radical (unpaired) electrons.